The number of imidazole rings is 2. The zero-order valence-electron chi connectivity index (χ0n) is 50.6. The van der Waals surface area contributed by atoms with Gasteiger partial charge in [0.15, 0.2) is 17.4 Å². The lowest BCUT2D eigenvalue weighted by molar-refractivity contribution is -0.121. The number of aliphatic hydroxyl groups excluding tert-OH is 1. The summed E-state index contributed by atoms with van der Waals surface area (Å²) < 4.78 is 87.4. The molecule has 0 radical (unpaired) electrons. The number of aliphatic hydroxyl groups is 1. The van der Waals surface area contributed by atoms with E-state index < -0.39 is 5.41 Å². The van der Waals surface area contributed by atoms with E-state index in [0.717, 1.165) is 65.4 Å². The summed E-state index contributed by atoms with van der Waals surface area (Å²) in [4.78, 5) is 32.8. The zero-order chi connectivity index (χ0) is 58.4. The van der Waals surface area contributed by atoms with Crippen molar-refractivity contribution >= 4 is 5.78 Å². The second-order valence-corrected chi connectivity index (χ2v) is 16.8. The number of carbonyl (C=O) groups excluding carboxylic acids is 1. The Morgan fingerprint density at radius 3 is 1.82 bits per heavy atom. The highest BCUT2D eigenvalue weighted by molar-refractivity contribution is 6.00. The molecule has 322 valence electrons. The molecule has 20 heteroatoms. The van der Waals surface area contributed by atoms with Crippen LogP contribution >= 0.6 is 0 Å². The molecular weight excluding hydrogens is 765 g/mol. The molecule has 0 bridgehead atoms. The van der Waals surface area contributed by atoms with Gasteiger partial charge in [-0.05, 0) is 54.4 Å². The van der Waals surface area contributed by atoms with Crippen LogP contribution in [0.4, 0.5) is 0 Å². The van der Waals surface area contributed by atoms with Gasteiger partial charge in [-0.15, -0.1) is 10.2 Å². The first-order valence-corrected chi connectivity index (χ1v) is 19.8. The average Bonchev–Trinajstić information content (AvgIpc) is 4.36. The summed E-state index contributed by atoms with van der Waals surface area (Å²) in [5.74, 6) is 2.47. The van der Waals surface area contributed by atoms with Crippen molar-refractivity contribution in [3.63, 3.8) is 0 Å². The molecule has 6 heterocycles. The quantitative estimate of drug-likeness (QED) is 0.204. The third-order valence-electron chi connectivity index (χ3n) is 13.1. The summed E-state index contributed by atoms with van der Waals surface area (Å²) in [6, 6.07) is 0. The SMILES string of the molecule is [3H][3H].[3H][3H].[3H][3H].[3H][3H].[3H][3H].[3H][3H].[3H][3H].[3H][3H].[C-]#[N+]C1=C(O)[C@@H](C)[C@@H]2CCc3c(nc(-c4cnn(C)c4)n3-c3nnn(C)n3)[C@@]2(C)C1.[C-]#[N+]C1=C[C@]2(C)c3nc(-c4cnn(C)c4)n(-c4nnn(C)n4)c3CC[C@H]2[C@H](C)C1=O. The Kier molecular flexibility index (Phi) is 6.88. The number of aromatic nitrogens is 16. The number of hydrogen-bond donors (Lipinski definition) is 1. The number of carbonyl (C=O) groups is 1. The molecule has 60 heavy (non-hydrogen) atoms. The van der Waals surface area contributed by atoms with Gasteiger partial charge in [0.2, 0.25) is 11.4 Å². The highest BCUT2D eigenvalue weighted by Gasteiger charge is 2.52. The predicted octanol–water partition coefficient (Wildman–Crippen LogP) is 5.95. The number of nitrogens with zero attached hydrogens (tertiary/aromatic N) is 18. The molecule has 0 unspecified atom stereocenters. The van der Waals surface area contributed by atoms with Gasteiger partial charge in [-0.25, -0.2) is 19.7 Å². The number of hydrogen-bond acceptors (Lipinski definition) is 12. The van der Waals surface area contributed by atoms with E-state index >= 15 is 0 Å². The molecule has 6 aromatic rings. The minimum atomic E-state index is -0.523. The van der Waals surface area contributed by atoms with E-state index in [0.29, 0.717) is 29.8 Å². The molecule has 0 saturated heterocycles. The maximum Gasteiger partial charge on any atom is 0.276 e. The fourth-order valence-electron chi connectivity index (χ4n) is 10.2. The predicted molar refractivity (Wildman–Crippen MR) is 230 cm³/mol. The third-order valence-corrected chi connectivity index (χ3v) is 13.1. The number of rotatable bonds is 4. The maximum atomic E-state index is 12.6. The minimum absolute atomic E-state index is 0.0709. The van der Waals surface area contributed by atoms with Crippen LogP contribution in [0, 0.1) is 36.8 Å². The number of tetrazole rings is 2. The van der Waals surface area contributed by atoms with Crippen molar-refractivity contribution in [3.8, 4) is 34.7 Å². The topological polar surface area (TPSA) is 204 Å². The molecule has 10 rings (SSSR count). The van der Waals surface area contributed by atoms with Crippen LogP contribution in [-0.4, -0.2) is 90.0 Å². The Hall–Kier alpha value is -7.09. The van der Waals surface area contributed by atoms with Crippen LogP contribution in [0.5, 0.6) is 0 Å². The number of aryl methyl sites for hydroxylation is 4. The fraction of sp³-hybridized carbons (Fsp3) is 0.475. The molecule has 1 N–H and O–H groups in total. The number of Topliss-reactive ketones (excluding diaryl/α,β-unsaturated/α-hetero) is 1. The molecule has 6 atom stereocenters. The molecule has 4 aliphatic carbocycles. The summed E-state index contributed by atoms with van der Waals surface area (Å²) in [6.45, 7) is 23.2. The average molecular weight is 857 g/mol. The normalized spacial score (nSPS) is 26.6. The van der Waals surface area contributed by atoms with E-state index in [1.807, 2.05) is 55.5 Å². The summed E-state index contributed by atoms with van der Waals surface area (Å²) >= 11 is 0. The molecule has 0 saturated carbocycles. The van der Waals surface area contributed by atoms with E-state index in [-0.39, 0.29) is 46.3 Å². The zero-order valence-corrected chi connectivity index (χ0v) is 34.6. The summed E-state index contributed by atoms with van der Waals surface area (Å²) in [7, 11) is 7.18. The maximum absolute atomic E-state index is 12.6. The standard InChI is InChI=1S/C20H23N9O.C20H21N9O.8H2/c2*1-11-13-6-7-15-17(20(13,2)8-14(21-3)16(11)30)23-18(12-9-22-27(4)10-12)29(15)19-24-26-28(5)25-19;;;;;;;;/h9-11,13,30H,6-8H2,1-2,4-5H3;8-11,13H,6-7H2,1-2,4-5H3;8*1H/t2*11-,13-,20-;;;;;;;;/m00......../s1/i;;8*1+2T. The van der Waals surface area contributed by atoms with Gasteiger partial charge in [0.25, 0.3) is 11.9 Å². The van der Waals surface area contributed by atoms with Crippen molar-refractivity contribution in [1.82, 2.24) is 79.1 Å². The molecule has 0 amide bonds. The van der Waals surface area contributed by atoms with Gasteiger partial charge in [0.05, 0.1) is 73.6 Å². The molecule has 0 spiro atoms. The number of fused-ring (bicyclic) bond motifs is 6. The molecule has 0 fully saturated rings. The molecule has 0 aromatic carbocycles. The highest BCUT2D eigenvalue weighted by Crippen LogP contribution is 2.54. The molecular formula is C40H60N18O2. The van der Waals surface area contributed by atoms with Crippen molar-refractivity contribution in [3.05, 3.63) is 93.6 Å². The van der Waals surface area contributed by atoms with Crippen LogP contribution in [0.2, 0.25) is 0 Å². The second-order valence-electron chi connectivity index (χ2n) is 16.8. The number of ketones is 1. The van der Waals surface area contributed by atoms with Gasteiger partial charge >= 0.3 is 0 Å². The van der Waals surface area contributed by atoms with E-state index in [9.17, 15) is 9.90 Å². The lowest BCUT2D eigenvalue weighted by Crippen LogP contribution is -2.45. The van der Waals surface area contributed by atoms with E-state index in [4.69, 9.17) is 46.9 Å². The van der Waals surface area contributed by atoms with Gasteiger partial charge < -0.3 is 9.90 Å². The van der Waals surface area contributed by atoms with Gasteiger partial charge in [0, 0.05) is 78.6 Å². The Labute approximate surface area is 369 Å². The van der Waals surface area contributed by atoms with E-state index in [2.05, 4.69) is 64.6 Å². The Morgan fingerprint density at radius 2 is 1.33 bits per heavy atom. The minimum Gasteiger partial charge on any atom is -0.523 e. The largest absolute Gasteiger partial charge is 0.523 e. The second kappa shape index (κ2) is 13.8. The Balaban J connectivity index is 0.000000603. The van der Waals surface area contributed by atoms with Crippen LogP contribution in [0.1, 0.15) is 93.5 Å². The Bertz CT molecular complexity index is 2920. The van der Waals surface area contributed by atoms with Crippen LogP contribution in [0.15, 0.2) is 48.0 Å². The van der Waals surface area contributed by atoms with Crippen molar-refractivity contribution in [2.24, 2.45) is 51.9 Å². The number of allylic oxidation sites excluding steroid dienone is 4. The van der Waals surface area contributed by atoms with Crippen LogP contribution in [-0.2, 0) is 56.7 Å². The molecule has 0 aliphatic heterocycles. The van der Waals surface area contributed by atoms with Gasteiger partial charge in [0.1, 0.15) is 0 Å². The van der Waals surface area contributed by atoms with Crippen LogP contribution in [0.25, 0.3) is 44.4 Å². The first-order valence-electron chi connectivity index (χ1n) is 27.8. The fourth-order valence-corrected chi connectivity index (χ4v) is 10.2. The lowest BCUT2D eigenvalue weighted by Gasteiger charge is -2.46. The Morgan fingerprint density at radius 1 is 0.800 bits per heavy atom. The monoisotopic (exact) mass is 857 g/mol. The lowest BCUT2D eigenvalue weighted by atomic mass is 9.58. The smallest absolute Gasteiger partial charge is 0.276 e. The summed E-state index contributed by atoms with van der Waals surface area (Å²) in [6.07, 6.45) is 12.9. The van der Waals surface area contributed by atoms with Crippen LogP contribution in [0.3, 0.4) is 0 Å². The van der Waals surface area contributed by atoms with Crippen LogP contribution < -0.4 is 0 Å². The van der Waals surface area contributed by atoms with Gasteiger partial charge in [-0.2, -0.15) is 19.8 Å². The molecule has 6 aromatic heterocycles. The summed E-state index contributed by atoms with van der Waals surface area (Å²) in [5.41, 5.74) is 5.31. The molecule has 20 nitrogen and oxygen atoms in total. The van der Waals surface area contributed by atoms with Crippen molar-refractivity contribution in [2.45, 2.75) is 70.6 Å². The summed E-state index contributed by atoms with van der Waals surface area (Å²) in [5, 5.41) is 44.5. The highest BCUT2D eigenvalue weighted by atomic mass is 16.3. The molecule has 4 aliphatic rings. The van der Waals surface area contributed by atoms with Crippen molar-refractivity contribution in [1.29, 1.82) is 0 Å². The van der Waals surface area contributed by atoms with Gasteiger partial charge in [-0.1, -0.05) is 44.0 Å². The van der Waals surface area contributed by atoms with E-state index in [1.54, 1.807) is 35.9 Å². The first kappa shape index (κ1) is 30.0. The van der Waals surface area contributed by atoms with E-state index in [1.165, 1.54) is 9.59 Å². The van der Waals surface area contributed by atoms with Crippen molar-refractivity contribution in [2.75, 3.05) is 0 Å². The van der Waals surface area contributed by atoms with Gasteiger partial charge in [-0.3, -0.25) is 18.5 Å². The first-order chi connectivity index (χ1) is 36.7. The van der Waals surface area contributed by atoms with Crippen molar-refractivity contribution < 1.29 is 33.7 Å². The third kappa shape index (κ3) is 5.72.